The topological polar surface area (TPSA) is 82.1 Å². The average molecular weight is 511 g/mol. The molecule has 2 aromatic rings. The molecule has 1 aliphatic heterocycles. The van der Waals surface area contributed by atoms with Gasteiger partial charge in [-0.1, -0.05) is 51.1 Å². The van der Waals surface area contributed by atoms with Crippen LogP contribution in [0.2, 0.25) is 0 Å². The monoisotopic (exact) mass is 510 g/mol. The van der Waals surface area contributed by atoms with Crippen molar-refractivity contribution in [2.24, 2.45) is 0 Å². The largest absolute Gasteiger partial charge is 0.488 e. The number of ether oxygens (including phenoxy) is 3. The average Bonchev–Trinajstić information content (AvgIpc) is 3.10. The number of esters is 1. The van der Waals surface area contributed by atoms with E-state index in [1.165, 1.54) is 0 Å². The fraction of sp³-hybridized carbons (Fsp3) is 0.548. The number of hydrogen-bond acceptors (Lipinski definition) is 6. The molecule has 6 nitrogen and oxygen atoms in total. The fourth-order valence-electron chi connectivity index (χ4n) is 5.08. The first-order valence-corrected chi connectivity index (χ1v) is 13.2. The van der Waals surface area contributed by atoms with E-state index < -0.39 is 12.1 Å². The lowest BCUT2D eigenvalue weighted by Gasteiger charge is -2.29. The molecule has 1 aliphatic rings. The first-order valence-electron chi connectivity index (χ1n) is 13.2. The van der Waals surface area contributed by atoms with Crippen molar-refractivity contribution in [3.8, 4) is 11.5 Å². The summed E-state index contributed by atoms with van der Waals surface area (Å²) in [6.07, 6.45) is 0.424. The number of fused-ring (bicyclic) bond motifs is 1. The SMILES string of the molecule is CCOC(=O)CC(=O)CC(O)CCc1c(C)c(OCc2ccccc2)c(C(C)(C)C)c2c1OC(C)(C)C2. The van der Waals surface area contributed by atoms with Gasteiger partial charge in [-0.15, -0.1) is 0 Å². The maximum Gasteiger partial charge on any atom is 0.313 e. The Hall–Kier alpha value is -2.86. The summed E-state index contributed by atoms with van der Waals surface area (Å²) in [6, 6.07) is 10.1. The van der Waals surface area contributed by atoms with Gasteiger partial charge in [-0.3, -0.25) is 9.59 Å². The summed E-state index contributed by atoms with van der Waals surface area (Å²) in [5, 5.41) is 10.6. The summed E-state index contributed by atoms with van der Waals surface area (Å²) in [7, 11) is 0. The number of benzene rings is 2. The Labute approximate surface area is 221 Å². The van der Waals surface area contributed by atoms with E-state index in [1.807, 2.05) is 18.2 Å². The van der Waals surface area contributed by atoms with E-state index >= 15 is 0 Å². The van der Waals surface area contributed by atoms with E-state index in [1.54, 1.807) is 6.92 Å². The van der Waals surface area contributed by atoms with Crippen LogP contribution in [0.5, 0.6) is 11.5 Å². The minimum Gasteiger partial charge on any atom is -0.488 e. The lowest BCUT2D eigenvalue weighted by atomic mass is 9.78. The van der Waals surface area contributed by atoms with Gasteiger partial charge in [-0.2, -0.15) is 0 Å². The molecule has 1 heterocycles. The van der Waals surface area contributed by atoms with Crippen LogP contribution in [-0.4, -0.2) is 35.2 Å². The number of ketones is 1. The molecule has 3 rings (SSSR count). The summed E-state index contributed by atoms with van der Waals surface area (Å²) < 4.78 is 17.9. The molecule has 0 amide bonds. The van der Waals surface area contributed by atoms with E-state index in [2.05, 4.69) is 53.7 Å². The van der Waals surface area contributed by atoms with E-state index in [-0.39, 0.29) is 36.2 Å². The molecule has 202 valence electrons. The second kappa shape index (κ2) is 11.7. The number of carbonyl (C=O) groups is 2. The van der Waals surface area contributed by atoms with Crippen molar-refractivity contribution in [2.45, 2.75) is 104 Å². The summed E-state index contributed by atoms with van der Waals surface area (Å²) in [5.41, 5.74) is 4.91. The van der Waals surface area contributed by atoms with E-state index in [4.69, 9.17) is 14.2 Å². The van der Waals surface area contributed by atoms with Crippen LogP contribution in [0.1, 0.15) is 88.6 Å². The van der Waals surface area contributed by atoms with Crippen LogP contribution in [0.15, 0.2) is 30.3 Å². The Balaban J connectivity index is 1.91. The highest BCUT2D eigenvalue weighted by Gasteiger charge is 2.39. The fourth-order valence-corrected chi connectivity index (χ4v) is 5.08. The molecular weight excluding hydrogens is 468 g/mol. The molecule has 0 aromatic heterocycles. The molecule has 1 N–H and O–H groups in total. The molecule has 1 unspecified atom stereocenters. The Kier molecular flexibility index (Phi) is 9.06. The molecule has 0 spiro atoms. The van der Waals surface area contributed by atoms with E-state index in [0.717, 1.165) is 45.7 Å². The molecular formula is C31H42O6. The van der Waals surface area contributed by atoms with Gasteiger partial charge in [-0.25, -0.2) is 0 Å². The van der Waals surface area contributed by atoms with Crippen LogP contribution in [-0.2, 0) is 39.2 Å². The van der Waals surface area contributed by atoms with Crippen molar-refractivity contribution in [3.63, 3.8) is 0 Å². The third kappa shape index (κ3) is 7.35. The third-order valence-corrected chi connectivity index (χ3v) is 6.66. The summed E-state index contributed by atoms with van der Waals surface area (Å²) in [5.74, 6) is 0.881. The molecule has 0 saturated heterocycles. The number of Topliss-reactive ketones (excluding diaryl/α,β-unsaturated/α-hetero) is 1. The van der Waals surface area contributed by atoms with E-state index in [0.29, 0.717) is 19.4 Å². The lowest BCUT2D eigenvalue weighted by molar-refractivity contribution is -0.145. The maximum absolute atomic E-state index is 12.2. The van der Waals surface area contributed by atoms with Crippen LogP contribution < -0.4 is 9.47 Å². The van der Waals surface area contributed by atoms with Crippen LogP contribution in [0.4, 0.5) is 0 Å². The lowest BCUT2D eigenvalue weighted by Crippen LogP contribution is -2.25. The molecule has 0 radical (unpaired) electrons. The molecule has 0 saturated carbocycles. The Morgan fingerprint density at radius 3 is 2.46 bits per heavy atom. The predicted octanol–water partition coefficient (Wildman–Crippen LogP) is 5.79. The van der Waals surface area contributed by atoms with Crippen LogP contribution >= 0.6 is 0 Å². The highest BCUT2D eigenvalue weighted by molar-refractivity contribution is 5.95. The van der Waals surface area contributed by atoms with Gasteiger partial charge in [0, 0.05) is 29.5 Å². The van der Waals surface area contributed by atoms with Crippen LogP contribution in [0.25, 0.3) is 0 Å². The standard InChI is InChI=1S/C31H42O6/c1-8-35-26(34)17-23(33)16-22(32)14-15-24-20(2)28(36-19-21-12-10-9-11-13-21)27(30(3,4)5)25-18-31(6,7)37-29(24)25/h9-13,22,32H,8,14-19H2,1-7H3. The number of hydrogen-bond donors (Lipinski definition) is 1. The predicted molar refractivity (Wildman–Crippen MR) is 144 cm³/mol. The smallest absolute Gasteiger partial charge is 0.313 e. The second-order valence-corrected chi connectivity index (χ2v) is 11.6. The van der Waals surface area contributed by atoms with Gasteiger partial charge < -0.3 is 19.3 Å². The minimum absolute atomic E-state index is 0.0795. The van der Waals surface area contributed by atoms with Crippen molar-refractivity contribution in [1.29, 1.82) is 0 Å². The van der Waals surface area contributed by atoms with Crippen molar-refractivity contribution in [2.75, 3.05) is 6.61 Å². The van der Waals surface area contributed by atoms with Gasteiger partial charge in [0.05, 0.1) is 12.7 Å². The van der Waals surface area contributed by atoms with Crippen molar-refractivity contribution in [3.05, 3.63) is 58.1 Å². The zero-order valence-electron chi connectivity index (χ0n) is 23.4. The van der Waals surface area contributed by atoms with E-state index in [9.17, 15) is 14.7 Å². The zero-order chi connectivity index (χ0) is 27.4. The molecule has 37 heavy (non-hydrogen) atoms. The Morgan fingerprint density at radius 2 is 1.84 bits per heavy atom. The highest BCUT2D eigenvalue weighted by Crippen LogP contribution is 2.50. The number of rotatable bonds is 11. The summed E-state index contributed by atoms with van der Waals surface area (Å²) in [6.45, 7) is 15.2. The summed E-state index contributed by atoms with van der Waals surface area (Å²) in [4.78, 5) is 23.8. The normalized spacial score (nSPS) is 15.0. The van der Waals surface area contributed by atoms with Gasteiger partial charge in [-0.05, 0) is 57.1 Å². The number of aliphatic hydroxyl groups excluding tert-OH is 1. The second-order valence-electron chi connectivity index (χ2n) is 11.6. The first kappa shape index (κ1) is 28.7. The van der Waals surface area contributed by atoms with Crippen LogP contribution in [0.3, 0.4) is 0 Å². The summed E-state index contributed by atoms with van der Waals surface area (Å²) >= 11 is 0. The quantitative estimate of drug-likeness (QED) is 0.304. The number of carbonyl (C=O) groups excluding carboxylic acids is 2. The van der Waals surface area contributed by atoms with Crippen molar-refractivity contribution in [1.82, 2.24) is 0 Å². The Morgan fingerprint density at radius 1 is 1.16 bits per heavy atom. The van der Waals surface area contributed by atoms with Gasteiger partial charge in [0.1, 0.15) is 35.9 Å². The third-order valence-electron chi connectivity index (χ3n) is 6.66. The van der Waals surface area contributed by atoms with Crippen molar-refractivity contribution < 1.29 is 28.9 Å². The molecule has 1 atom stereocenters. The molecule has 0 bridgehead atoms. The van der Waals surface area contributed by atoms with Gasteiger partial charge >= 0.3 is 5.97 Å². The van der Waals surface area contributed by atoms with Gasteiger partial charge in [0.2, 0.25) is 0 Å². The molecule has 0 aliphatic carbocycles. The number of aliphatic hydroxyl groups is 1. The van der Waals surface area contributed by atoms with Crippen molar-refractivity contribution >= 4 is 11.8 Å². The molecule has 6 heteroatoms. The Bertz CT molecular complexity index is 1110. The first-order chi connectivity index (χ1) is 17.3. The zero-order valence-corrected chi connectivity index (χ0v) is 23.4. The maximum atomic E-state index is 12.2. The highest BCUT2D eigenvalue weighted by atomic mass is 16.5. The molecule has 0 fully saturated rings. The van der Waals surface area contributed by atoms with Crippen LogP contribution in [0, 0.1) is 6.92 Å². The minimum atomic E-state index is -0.859. The molecule has 2 aromatic carbocycles. The van der Waals surface area contributed by atoms with Gasteiger partial charge in [0.25, 0.3) is 0 Å². The van der Waals surface area contributed by atoms with Gasteiger partial charge in [0.15, 0.2) is 0 Å².